The second-order valence-corrected chi connectivity index (χ2v) is 7.69. The van der Waals surface area contributed by atoms with Crippen molar-refractivity contribution in [3.63, 3.8) is 0 Å². The van der Waals surface area contributed by atoms with E-state index in [0.29, 0.717) is 17.9 Å². The highest BCUT2D eigenvalue weighted by atomic mass is 32.2. The molecular formula is C18H28N4OS. The van der Waals surface area contributed by atoms with E-state index in [9.17, 15) is 4.79 Å². The van der Waals surface area contributed by atoms with E-state index in [1.165, 1.54) is 38.5 Å². The maximum atomic E-state index is 13.0. The first kappa shape index (κ1) is 17.5. The SMILES string of the molecule is CSc1cnc(NC(=O)N(C2CCCCC2)C2CCCCC2)cn1. The summed E-state index contributed by atoms with van der Waals surface area (Å²) < 4.78 is 0. The summed E-state index contributed by atoms with van der Waals surface area (Å²) in [6.45, 7) is 0. The Morgan fingerprint density at radius 3 is 2.04 bits per heavy atom. The van der Waals surface area contributed by atoms with Crippen molar-refractivity contribution in [1.82, 2.24) is 14.9 Å². The number of thioether (sulfide) groups is 1. The predicted molar refractivity (Wildman–Crippen MR) is 98.4 cm³/mol. The third kappa shape index (κ3) is 4.41. The Hall–Kier alpha value is -1.30. The summed E-state index contributed by atoms with van der Waals surface area (Å²) in [4.78, 5) is 23.8. The molecule has 3 rings (SSSR count). The van der Waals surface area contributed by atoms with Crippen LogP contribution in [0, 0.1) is 0 Å². The Morgan fingerprint density at radius 2 is 1.58 bits per heavy atom. The van der Waals surface area contributed by atoms with Crippen molar-refractivity contribution in [2.45, 2.75) is 81.3 Å². The summed E-state index contributed by atoms with van der Waals surface area (Å²) in [7, 11) is 0. The summed E-state index contributed by atoms with van der Waals surface area (Å²) in [6.07, 6.45) is 17.5. The number of carbonyl (C=O) groups excluding carboxylic acids is 1. The van der Waals surface area contributed by atoms with Crippen molar-refractivity contribution >= 4 is 23.6 Å². The van der Waals surface area contributed by atoms with Gasteiger partial charge in [-0.1, -0.05) is 38.5 Å². The number of nitrogens with zero attached hydrogens (tertiary/aromatic N) is 3. The molecule has 0 aliphatic heterocycles. The monoisotopic (exact) mass is 348 g/mol. The molecule has 24 heavy (non-hydrogen) atoms. The van der Waals surface area contributed by atoms with E-state index >= 15 is 0 Å². The fourth-order valence-electron chi connectivity index (χ4n) is 4.01. The molecular weight excluding hydrogens is 320 g/mol. The molecule has 2 amide bonds. The van der Waals surface area contributed by atoms with Crippen LogP contribution in [0.2, 0.25) is 0 Å². The van der Waals surface area contributed by atoms with Crippen LogP contribution < -0.4 is 5.32 Å². The lowest BCUT2D eigenvalue weighted by Crippen LogP contribution is -2.50. The van der Waals surface area contributed by atoms with Crippen molar-refractivity contribution in [3.05, 3.63) is 12.4 Å². The number of rotatable bonds is 4. The van der Waals surface area contributed by atoms with Crippen LogP contribution in [-0.4, -0.2) is 39.2 Å². The second-order valence-electron chi connectivity index (χ2n) is 6.87. The molecule has 0 bridgehead atoms. The molecule has 0 saturated heterocycles. The molecule has 1 aromatic rings. The van der Waals surface area contributed by atoms with Gasteiger partial charge in [-0.05, 0) is 31.9 Å². The summed E-state index contributed by atoms with van der Waals surface area (Å²) >= 11 is 1.55. The molecule has 1 N–H and O–H groups in total. The Morgan fingerprint density at radius 1 is 1.00 bits per heavy atom. The third-order valence-corrected chi connectivity index (χ3v) is 5.87. The molecule has 132 valence electrons. The van der Waals surface area contributed by atoms with Gasteiger partial charge in [0, 0.05) is 12.1 Å². The first-order valence-corrected chi connectivity index (χ1v) is 10.5. The van der Waals surface area contributed by atoms with Crippen molar-refractivity contribution < 1.29 is 4.79 Å². The highest BCUT2D eigenvalue weighted by Crippen LogP contribution is 2.30. The lowest BCUT2D eigenvalue weighted by Gasteiger charge is -2.41. The number of amides is 2. The van der Waals surface area contributed by atoms with Gasteiger partial charge in [0.25, 0.3) is 0 Å². The van der Waals surface area contributed by atoms with Gasteiger partial charge in [-0.15, -0.1) is 11.8 Å². The molecule has 6 heteroatoms. The van der Waals surface area contributed by atoms with Crippen molar-refractivity contribution in [3.8, 4) is 0 Å². The van der Waals surface area contributed by atoms with Gasteiger partial charge < -0.3 is 4.90 Å². The average Bonchev–Trinajstić information content (AvgIpc) is 2.64. The van der Waals surface area contributed by atoms with Gasteiger partial charge in [-0.3, -0.25) is 5.32 Å². The Labute approximate surface area is 149 Å². The summed E-state index contributed by atoms with van der Waals surface area (Å²) in [6, 6.07) is 0.792. The Kier molecular flexibility index (Phi) is 6.35. The fourth-order valence-corrected chi connectivity index (χ4v) is 4.32. The molecule has 2 aliphatic rings. The van der Waals surface area contributed by atoms with Gasteiger partial charge in [0.1, 0.15) is 5.03 Å². The first-order valence-electron chi connectivity index (χ1n) is 9.23. The number of hydrogen-bond acceptors (Lipinski definition) is 4. The highest BCUT2D eigenvalue weighted by molar-refractivity contribution is 7.98. The van der Waals surface area contributed by atoms with Crippen molar-refractivity contribution in [2.75, 3.05) is 11.6 Å². The maximum Gasteiger partial charge on any atom is 0.323 e. The number of hydrogen-bond donors (Lipinski definition) is 1. The number of urea groups is 1. The van der Waals surface area contributed by atoms with E-state index in [1.807, 2.05) is 6.26 Å². The van der Waals surface area contributed by atoms with Crippen LogP contribution in [0.25, 0.3) is 0 Å². The first-order chi connectivity index (χ1) is 11.8. The largest absolute Gasteiger partial charge is 0.323 e. The van der Waals surface area contributed by atoms with Crippen LogP contribution in [0.5, 0.6) is 0 Å². The van der Waals surface area contributed by atoms with E-state index in [2.05, 4.69) is 20.2 Å². The molecule has 1 aromatic heterocycles. The normalized spacial score (nSPS) is 19.9. The van der Waals surface area contributed by atoms with Gasteiger partial charge in [0.15, 0.2) is 5.82 Å². The highest BCUT2D eigenvalue weighted by Gasteiger charge is 2.32. The number of nitrogens with one attached hydrogen (secondary N) is 1. The van der Waals surface area contributed by atoms with Crippen LogP contribution >= 0.6 is 11.8 Å². The van der Waals surface area contributed by atoms with Crippen LogP contribution in [0.4, 0.5) is 10.6 Å². The maximum absolute atomic E-state index is 13.0. The zero-order valence-corrected chi connectivity index (χ0v) is 15.4. The molecule has 1 heterocycles. The van der Waals surface area contributed by atoms with Gasteiger partial charge in [-0.2, -0.15) is 0 Å². The van der Waals surface area contributed by atoms with Gasteiger partial charge >= 0.3 is 6.03 Å². The van der Waals surface area contributed by atoms with Crippen LogP contribution in [0.1, 0.15) is 64.2 Å². The number of carbonyl (C=O) groups is 1. The standard InChI is InChI=1S/C18H28N4OS/c1-24-17-13-19-16(12-20-17)21-18(23)22(14-8-4-2-5-9-14)15-10-6-3-7-11-15/h12-15H,2-11H2,1H3,(H,19,21,23). The predicted octanol–water partition coefficient (Wildman–Crippen LogP) is 4.70. The second kappa shape index (κ2) is 8.70. The molecule has 2 fully saturated rings. The smallest absolute Gasteiger partial charge is 0.319 e. The van der Waals surface area contributed by atoms with E-state index in [-0.39, 0.29) is 6.03 Å². The van der Waals surface area contributed by atoms with Gasteiger partial charge in [-0.25, -0.2) is 14.8 Å². The third-order valence-electron chi connectivity index (χ3n) is 5.24. The Bertz CT molecular complexity index is 506. The van der Waals surface area contributed by atoms with Crippen LogP contribution in [0.3, 0.4) is 0 Å². The lowest BCUT2D eigenvalue weighted by atomic mass is 9.89. The van der Waals surface area contributed by atoms with Crippen molar-refractivity contribution in [1.29, 1.82) is 0 Å². The number of aromatic nitrogens is 2. The molecule has 0 unspecified atom stereocenters. The average molecular weight is 349 g/mol. The topological polar surface area (TPSA) is 58.1 Å². The minimum atomic E-state index is 0.0139. The minimum Gasteiger partial charge on any atom is -0.319 e. The molecule has 5 nitrogen and oxygen atoms in total. The summed E-state index contributed by atoms with van der Waals surface area (Å²) in [5.74, 6) is 0.550. The van der Waals surface area contributed by atoms with Crippen LogP contribution in [-0.2, 0) is 0 Å². The van der Waals surface area contributed by atoms with Gasteiger partial charge in [0.2, 0.25) is 0 Å². The van der Waals surface area contributed by atoms with E-state index in [0.717, 1.165) is 30.7 Å². The van der Waals surface area contributed by atoms with E-state index in [1.54, 1.807) is 24.2 Å². The Balaban J connectivity index is 1.71. The van der Waals surface area contributed by atoms with Gasteiger partial charge in [0.05, 0.1) is 12.4 Å². The molecule has 0 aromatic carbocycles. The molecule has 2 aliphatic carbocycles. The quantitative estimate of drug-likeness (QED) is 0.801. The molecule has 0 atom stereocenters. The summed E-state index contributed by atoms with van der Waals surface area (Å²) in [5.41, 5.74) is 0. The summed E-state index contributed by atoms with van der Waals surface area (Å²) in [5, 5.41) is 3.86. The minimum absolute atomic E-state index is 0.0139. The molecule has 2 saturated carbocycles. The van der Waals surface area contributed by atoms with E-state index < -0.39 is 0 Å². The fraction of sp³-hybridized carbons (Fsp3) is 0.722. The zero-order valence-electron chi connectivity index (χ0n) is 14.5. The number of anilines is 1. The molecule has 0 radical (unpaired) electrons. The zero-order chi connectivity index (χ0) is 16.8. The lowest BCUT2D eigenvalue weighted by molar-refractivity contribution is 0.114. The van der Waals surface area contributed by atoms with Crippen LogP contribution in [0.15, 0.2) is 17.4 Å². The van der Waals surface area contributed by atoms with Crippen molar-refractivity contribution in [2.24, 2.45) is 0 Å². The van der Waals surface area contributed by atoms with E-state index in [4.69, 9.17) is 0 Å². The molecule has 0 spiro atoms.